The van der Waals surface area contributed by atoms with Crippen LogP contribution in [0.15, 0.2) is 146 Å². The van der Waals surface area contributed by atoms with Gasteiger partial charge in [-0.3, -0.25) is 4.57 Å². The Morgan fingerprint density at radius 3 is 1.98 bits per heavy atom. The molecule has 0 aliphatic carbocycles. The van der Waals surface area contributed by atoms with Crippen LogP contribution in [0.3, 0.4) is 0 Å². The van der Waals surface area contributed by atoms with Crippen LogP contribution in [-0.2, 0) is 21.1 Å². The minimum Gasteiger partial charge on any atom is -0.507 e. The Morgan fingerprint density at radius 2 is 1.24 bits per heavy atom. The fourth-order valence-electron chi connectivity index (χ4n) is 5.16. The summed E-state index contributed by atoms with van der Waals surface area (Å²) < 4.78 is 2.18. The Bertz CT molecular complexity index is 1920. The summed E-state index contributed by atoms with van der Waals surface area (Å²) in [5.74, 6) is 0.938. The Morgan fingerprint density at radius 1 is 0.595 bits per heavy atom. The Kier molecular flexibility index (Phi) is 7.68. The summed E-state index contributed by atoms with van der Waals surface area (Å²) in [5, 5.41) is 10.5. The van der Waals surface area contributed by atoms with Crippen LogP contribution in [-0.4, -0.2) is 19.6 Å². The molecule has 5 aromatic carbocycles. The minimum absolute atomic E-state index is 0. The van der Waals surface area contributed by atoms with E-state index in [1.807, 2.05) is 109 Å². The van der Waals surface area contributed by atoms with E-state index >= 15 is 0 Å². The van der Waals surface area contributed by atoms with Gasteiger partial charge in [0.2, 0.25) is 5.95 Å². The molecular formula is C36H25N4OPt-. The monoisotopic (exact) mass is 724 g/mol. The Hall–Kier alpha value is -4.99. The number of imidazole rings is 1. The van der Waals surface area contributed by atoms with Crippen molar-refractivity contribution in [3.05, 3.63) is 152 Å². The van der Waals surface area contributed by atoms with Crippen LogP contribution < -0.4 is 4.90 Å². The van der Waals surface area contributed by atoms with E-state index in [0.29, 0.717) is 11.3 Å². The van der Waals surface area contributed by atoms with Crippen molar-refractivity contribution in [2.24, 2.45) is 0 Å². The number of nitrogens with zero attached hydrogens (tertiary/aromatic N) is 4. The predicted molar refractivity (Wildman–Crippen MR) is 165 cm³/mol. The molecule has 2 aromatic heterocycles. The molecule has 2 heterocycles. The molecule has 0 saturated heterocycles. The zero-order valence-corrected chi connectivity index (χ0v) is 24.7. The number of hydrogen-bond acceptors (Lipinski definition) is 4. The molecule has 0 aliphatic heterocycles. The summed E-state index contributed by atoms with van der Waals surface area (Å²) in [6, 6.07) is 51.1. The van der Waals surface area contributed by atoms with E-state index in [1.54, 1.807) is 6.07 Å². The quantitative estimate of drug-likeness (QED) is 0.175. The molecule has 6 heteroatoms. The van der Waals surface area contributed by atoms with Crippen molar-refractivity contribution in [3.8, 4) is 34.0 Å². The SMILES string of the molecule is Oc1ccccc1-c1cccc(-c2cccc3c2nc(N(c2[c-]cccc2)c2ccccc2)n3-c2ccccc2)n1.[Pt]. The third-order valence-electron chi connectivity index (χ3n) is 7.03. The summed E-state index contributed by atoms with van der Waals surface area (Å²) in [6.45, 7) is 0. The zero-order chi connectivity index (χ0) is 27.6. The average molecular weight is 725 g/mol. The first-order valence-corrected chi connectivity index (χ1v) is 13.4. The van der Waals surface area contributed by atoms with Crippen molar-refractivity contribution >= 4 is 28.4 Å². The average Bonchev–Trinajstić information content (AvgIpc) is 3.42. The molecule has 0 bridgehead atoms. The first-order chi connectivity index (χ1) is 20.3. The van der Waals surface area contributed by atoms with E-state index in [4.69, 9.17) is 9.97 Å². The number of aromatic nitrogens is 3. The molecular weight excluding hydrogens is 700 g/mol. The van der Waals surface area contributed by atoms with Crippen molar-refractivity contribution in [2.75, 3.05) is 4.90 Å². The maximum atomic E-state index is 10.5. The van der Waals surface area contributed by atoms with Gasteiger partial charge in [-0.05, 0) is 54.6 Å². The molecule has 206 valence electrons. The molecule has 5 nitrogen and oxygen atoms in total. The fraction of sp³-hybridized carbons (Fsp3) is 0. The van der Waals surface area contributed by atoms with E-state index in [1.165, 1.54) is 0 Å². The van der Waals surface area contributed by atoms with Crippen molar-refractivity contribution in [3.63, 3.8) is 0 Å². The molecule has 7 rings (SSSR count). The number of aromatic hydroxyl groups is 1. The number of rotatable bonds is 6. The largest absolute Gasteiger partial charge is 0.507 e. The van der Waals surface area contributed by atoms with Gasteiger partial charge in [-0.25, -0.2) is 9.97 Å². The van der Waals surface area contributed by atoms with Crippen LogP contribution in [0, 0.1) is 6.07 Å². The van der Waals surface area contributed by atoms with Crippen molar-refractivity contribution in [1.29, 1.82) is 0 Å². The van der Waals surface area contributed by atoms with E-state index in [-0.39, 0.29) is 26.8 Å². The second-order valence-corrected chi connectivity index (χ2v) is 9.60. The Labute approximate surface area is 258 Å². The third-order valence-corrected chi connectivity index (χ3v) is 7.03. The number of phenols is 1. The molecule has 42 heavy (non-hydrogen) atoms. The van der Waals surface area contributed by atoms with Gasteiger partial charge in [0.05, 0.1) is 16.9 Å². The molecule has 0 atom stereocenters. The number of phenolic OH excluding ortho intramolecular Hbond substituents is 1. The minimum atomic E-state index is 0. The van der Waals surface area contributed by atoms with E-state index in [2.05, 4.69) is 45.9 Å². The number of para-hydroxylation sites is 5. The molecule has 0 spiro atoms. The summed E-state index contributed by atoms with van der Waals surface area (Å²) in [7, 11) is 0. The second-order valence-electron chi connectivity index (χ2n) is 9.60. The topological polar surface area (TPSA) is 54.2 Å². The van der Waals surface area contributed by atoms with E-state index < -0.39 is 0 Å². The standard InChI is InChI=1S/C36H25N4O.Pt/c41-34-25-11-10-20-29(34)31-22-13-23-32(37-31)30-21-12-24-33-35(30)38-36(40(33)28-18-8-3-9-19-28)39(26-14-4-1-5-15-26)27-16-6-2-7-17-27;/h1-16,18-25,41H;/q-1;. The normalized spacial score (nSPS) is 10.8. The maximum absolute atomic E-state index is 10.5. The van der Waals surface area contributed by atoms with Gasteiger partial charge in [0.25, 0.3) is 0 Å². The van der Waals surface area contributed by atoms with E-state index in [0.717, 1.165) is 45.3 Å². The van der Waals surface area contributed by atoms with Crippen LogP contribution >= 0.6 is 0 Å². The van der Waals surface area contributed by atoms with Crippen LogP contribution in [0.1, 0.15) is 0 Å². The predicted octanol–water partition coefficient (Wildman–Crippen LogP) is 8.73. The van der Waals surface area contributed by atoms with Crippen LogP contribution in [0.4, 0.5) is 17.3 Å². The molecule has 0 saturated carbocycles. The van der Waals surface area contributed by atoms with Crippen molar-refractivity contribution < 1.29 is 26.2 Å². The molecule has 0 radical (unpaired) electrons. The third kappa shape index (κ3) is 5.00. The number of pyridine rings is 1. The number of anilines is 3. The second kappa shape index (κ2) is 11.9. The summed E-state index contributed by atoms with van der Waals surface area (Å²) >= 11 is 0. The first-order valence-electron chi connectivity index (χ1n) is 13.4. The van der Waals surface area contributed by atoms with Crippen molar-refractivity contribution in [2.45, 2.75) is 0 Å². The zero-order valence-electron chi connectivity index (χ0n) is 22.4. The molecule has 0 fully saturated rings. The molecule has 0 unspecified atom stereocenters. The molecule has 7 aromatic rings. The molecule has 0 amide bonds. The van der Waals surface area contributed by atoms with E-state index in [9.17, 15) is 5.11 Å². The molecule has 1 N–H and O–H groups in total. The van der Waals surface area contributed by atoms with Gasteiger partial charge in [-0.1, -0.05) is 72.4 Å². The van der Waals surface area contributed by atoms with Gasteiger partial charge in [0.15, 0.2) is 0 Å². The maximum Gasteiger partial charge on any atom is 0.218 e. The van der Waals surface area contributed by atoms with Crippen molar-refractivity contribution in [1.82, 2.24) is 14.5 Å². The smallest absolute Gasteiger partial charge is 0.218 e. The summed E-state index contributed by atoms with van der Waals surface area (Å²) in [5.41, 5.74) is 7.70. The first kappa shape index (κ1) is 27.2. The fourth-order valence-corrected chi connectivity index (χ4v) is 5.16. The van der Waals surface area contributed by atoms with Gasteiger partial charge in [-0.15, -0.1) is 6.07 Å². The van der Waals surface area contributed by atoms with Gasteiger partial charge in [-0.2, -0.15) is 24.3 Å². The molecule has 0 aliphatic rings. The van der Waals surface area contributed by atoms with Crippen LogP contribution in [0.25, 0.3) is 39.2 Å². The van der Waals surface area contributed by atoms with Gasteiger partial charge in [0, 0.05) is 43.6 Å². The van der Waals surface area contributed by atoms with Gasteiger partial charge in [0.1, 0.15) is 11.3 Å². The summed E-state index contributed by atoms with van der Waals surface area (Å²) in [6.07, 6.45) is 0. The van der Waals surface area contributed by atoms with Crippen LogP contribution in [0.2, 0.25) is 0 Å². The Balaban J connectivity index is 0.00000316. The number of hydrogen-bond donors (Lipinski definition) is 1. The number of benzene rings is 5. The van der Waals surface area contributed by atoms with Gasteiger partial charge >= 0.3 is 0 Å². The van der Waals surface area contributed by atoms with Crippen LogP contribution in [0.5, 0.6) is 5.75 Å². The number of fused-ring (bicyclic) bond motifs is 1. The van der Waals surface area contributed by atoms with Gasteiger partial charge < -0.3 is 10.0 Å². The summed E-state index contributed by atoms with van der Waals surface area (Å²) in [4.78, 5) is 12.4.